The summed E-state index contributed by atoms with van der Waals surface area (Å²) in [4.78, 5) is 10.4. The number of halogens is 3. The van der Waals surface area contributed by atoms with Gasteiger partial charge in [0.25, 0.3) is 0 Å². The smallest absolute Gasteiger partial charge is 0.387 e. The Kier molecular flexibility index (Phi) is 5.12. The van der Waals surface area contributed by atoms with Crippen molar-refractivity contribution in [2.75, 3.05) is 19.7 Å². The average molecular weight is 355 g/mol. The number of aliphatic carboxylic acids is 1. The summed E-state index contributed by atoms with van der Waals surface area (Å²) in [5, 5.41) is 8.86. The zero-order chi connectivity index (χ0) is 17.2. The van der Waals surface area contributed by atoms with Gasteiger partial charge in [0.2, 0.25) is 10.0 Å². The molecule has 11 heteroatoms. The molecule has 1 aliphatic heterocycles. The van der Waals surface area contributed by atoms with Gasteiger partial charge in [-0.15, -0.1) is 0 Å². The quantitative estimate of drug-likeness (QED) is 0.844. The van der Waals surface area contributed by atoms with Gasteiger partial charge >= 0.3 is 12.6 Å². The molecular formula is C12H12F3NO6S. The summed E-state index contributed by atoms with van der Waals surface area (Å²) in [7, 11) is -4.19. The maximum atomic E-state index is 13.7. The predicted octanol–water partition coefficient (Wildman–Crippen LogP) is 0.901. The van der Waals surface area contributed by atoms with E-state index in [0.717, 1.165) is 16.4 Å². The second-order valence-corrected chi connectivity index (χ2v) is 6.47. The van der Waals surface area contributed by atoms with Gasteiger partial charge in [-0.3, -0.25) is 0 Å². The summed E-state index contributed by atoms with van der Waals surface area (Å²) in [5.74, 6) is -3.38. The number of carboxylic acid groups (broad SMARTS) is 1. The van der Waals surface area contributed by atoms with Crippen molar-refractivity contribution in [1.82, 2.24) is 4.31 Å². The molecule has 0 bridgehead atoms. The van der Waals surface area contributed by atoms with E-state index in [0.29, 0.717) is 6.07 Å². The number of ether oxygens (including phenoxy) is 2. The van der Waals surface area contributed by atoms with Crippen molar-refractivity contribution in [3.8, 4) is 5.75 Å². The molecule has 1 unspecified atom stereocenters. The second kappa shape index (κ2) is 6.72. The van der Waals surface area contributed by atoms with Gasteiger partial charge in [0, 0.05) is 6.54 Å². The molecule has 1 aromatic rings. The first-order valence-electron chi connectivity index (χ1n) is 6.30. The molecule has 128 valence electrons. The maximum Gasteiger partial charge on any atom is 0.387 e. The first-order chi connectivity index (χ1) is 10.7. The topological polar surface area (TPSA) is 93.1 Å². The minimum absolute atomic E-state index is 0.108. The maximum absolute atomic E-state index is 13.7. The first-order valence-corrected chi connectivity index (χ1v) is 7.74. The summed E-state index contributed by atoms with van der Waals surface area (Å²) < 4.78 is 72.1. The highest BCUT2D eigenvalue weighted by Crippen LogP contribution is 2.25. The van der Waals surface area contributed by atoms with E-state index >= 15 is 0 Å². The Labute approximate surface area is 129 Å². The summed E-state index contributed by atoms with van der Waals surface area (Å²) >= 11 is 0. The van der Waals surface area contributed by atoms with Gasteiger partial charge < -0.3 is 14.6 Å². The Morgan fingerprint density at radius 1 is 1.43 bits per heavy atom. The van der Waals surface area contributed by atoms with Gasteiger partial charge in [-0.1, -0.05) is 0 Å². The molecule has 1 aliphatic rings. The number of rotatable bonds is 5. The van der Waals surface area contributed by atoms with E-state index in [-0.39, 0.29) is 13.2 Å². The number of nitrogens with zero attached hydrogens (tertiary/aromatic N) is 1. The Bertz CT molecular complexity index is 696. The van der Waals surface area contributed by atoms with Crippen LogP contribution in [0.4, 0.5) is 13.2 Å². The van der Waals surface area contributed by atoms with Gasteiger partial charge in [-0.2, -0.15) is 13.1 Å². The van der Waals surface area contributed by atoms with Crippen molar-refractivity contribution in [2.45, 2.75) is 17.6 Å². The van der Waals surface area contributed by atoms with Crippen molar-refractivity contribution < 1.29 is 41.0 Å². The molecule has 1 atom stereocenters. The number of hydrogen-bond acceptors (Lipinski definition) is 5. The molecule has 0 radical (unpaired) electrons. The molecule has 1 heterocycles. The monoisotopic (exact) mass is 355 g/mol. The van der Waals surface area contributed by atoms with Gasteiger partial charge in [-0.25, -0.2) is 17.6 Å². The Morgan fingerprint density at radius 2 is 2.13 bits per heavy atom. The average Bonchev–Trinajstić information content (AvgIpc) is 2.49. The van der Waals surface area contributed by atoms with Crippen LogP contribution in [0.1, 0.15) is 0 Å². The van der Waals surface area contributed by atoms with Crippen molar-refractivity contribution in [3.05, 3.63) is 24.0 Å². The molecule has 0 saturated carbocycles. The molecule has 1 saturated heterocycles. The fraction of sp³-hybridized carbons (Fsp3) is 0.417. The minimum Gasteiger partial charge on any atom is -0.479 e. The van der Waals surface area contributed by atoms with Crippen molar-refractivity contribution in [2.24, 2.45) is 0 Å². The van der Waals surface area contributed by atoms with Crippen molar-refractivity contribution in [3.63, 3.8) is 0 Å². The third-order valence-corrected chi connectivity index (χ3v) is 4.92. The number of alkyl halides is 2. The molecule has 1 N–H and O–H groups in total. The highest BCUT2D eigenvalue weighted by atomic mass is 32.2. The lowest BCUT2D eigenvalue weighted by Gasteiger charge is -2.30. The molecule has 0 aromatic heterocycles. The van der Waals surface area contributed by atoms with Crippen LogP contribution in [0.25, 0.3) is 0 Å². The summed E-state index contributed by atoms with van der Waals surface area (Å²) in [6, 6.07) is 2.21. The van der Waals surface area contributed by atoms with E-state index in [2.05, 4.69) is 4.74 Å². The number of hydrogen-bond donors (Lipinski definition) is 1. The van der Waals surface area contributed by atoms with E-state index in [1.807, 2.05) is 0 Å². The van der Waals surface area contributed by atoms with Crippen LogP contribution in [0.3, 0.4) is 0 Å². The number of morpholine rings is 1. The summed E-state index contributed by atoms with van der Waals surface area (Å²) in [6.07, 6.45) is -1.33. The van der Waals surface area contributed by atoms with E-state index in [4.69, 9.17) is 9.84 Å². The van der Waals surface area contributed by atoms with Crippen molar-refractivity contribution >= 4 is 16.0 Å². The largest absolute Gasteiger partial charge is 0.479 e. The second-order valence-electron chi connectivity index (χ2n) is 4.53. The molecule has 7 nitrogen and oxygen atoms in total. The van der Waals surface area contributed by atoms with Gasteiger partial charge in [0.15, 0.2) is 17.7 Å². The van der Waals surface area contributed by atoms with Gasteiger partial charge in [-0.05, 0) is 18.2 Å². The number of carboxylic acids is 1. The third kappa shape index (κ3) is 3.92. The first kappa shape index (κ1) is 17.5. The summed E-state index contributed by atoms with van der Waals surface area (Å²) in [5.41, 5.74) is 0. The predicted molar refractivity (Wildman–Crippen MR) is 69.2 cm³/mol. The van der Waals surface area contributed by atoms with Crippen LogP contribution < -0.4 is 4.74 Å². The van der Waals surface area contributed by atoms with Crippen LogP contribution in [0, 0.1) is 5.82 Å². The minimum atomic E-state index is -4.19. The molecule has 23 heavy (non-hydrogen) atoms. The molecule has 0 aliphatic carbocycles. The molecule has 0 amide bonds. The summed E-state index contributed by atoms with van der Waals surface area (Å²) in [6.45, 7) is -3.93. The molecular weight excluding hydrogens is 343 g/mol. The Morgan fingerprint density at radius 3 is 2.70 bits per heavy atom. The highest BCUT2D eigenvalue weighted by Gasteiger charge is 2.34. The lowest BCUT2D eigenvalue weighted by molar-refractivity contribution is -0.153. The Hall–Kier alpha value is -1.85. The zero-order valence-corrected chi connectivity index (χ0v) is 12.3. The van der Waals surface area contributed by atoms with E-state index in [9.17, 15) is 26.4 Å². The van der Waals surface area contributed by atoms with Crippen LogP contribution in [0.2, 0.25) is 0 Å². The lowest BCUT2D eigenvalue weighted by atomic mass is 10.3. The van der Waals surface area contributed by atoms with E-state index < -0.39 is 51.7 Å². The molecule has 1 fully saturated rings. The van der Waals surface area contributed by atoms with Crippen LogP contribution in [-0.4, -0.2) is 56.2 Å². The number of carbonyl (C=O) groups is 1. The standard InChI is InChI=1S/C12H12F3NO6S/c13-8-5-7(1-2-9(8)22-12(14)15)23(19,20)16-3-4-21-10(6-16)11(17)18/h1-2,5,10,12H,3-4,6H2,(H,17,18). The van der Waals surface area contributed by atoms with E-state index in [1.165, 1.54) is 0 Å². The van der Waals surface area contributed by atoms with Crippen LogP contribution in [0.5, 0.6) is 5.75 Å². The highest BCUT2D eigenvalue weighted by molar-refractivity contribution is 7.89. The fourth-order valence-corrected chi connectivity index (χ4v) is 3.41. The third-order valence-electron chi connectivity index (χ3n) is 3.06. The number of sulfonamides is 1. The molecule has 2 rings (SSSR count). The van der Waals surface area contributed by atoms with E-state index in [1.54, 1.807) is 0 Å². The van der Waals surface area contributed by atoms with Crippen LogP contribution in [-0.2, 0) is 19.6 Å². The van der Waals surface area contributed by atoms with Crippen LogP contribution in [0.15, 0.2) is 23.1 Å². The molecule has 1 aromatic carbocycles. The fourth-order valence-electron chi connectivity index (χ4n) is 1.98. The lowest BCUT2D eigenvalue weighted by Crippen LogP contribution is -2.48. The normalized spacial score (nSPS) is 19.7. The van der Waals surface area contributed by atoms with Gasteiger partial charge in [0.05, 0.1) is 18.0 Å². The van der Waals surface area contributed by atoms with Crippen LogP contribution >= 0.6 is 0 Å². The van der Waals surface area contributed by atoms with Crippen molar-refractivity contribution in [1.29, 1.82) is 0 Å². The SMILES string of the molecule is O=C(O)C1CN(S(=O)(=O)c2ccc(OC(F)F)c(F)c2)CCO1. The Balaban J connectivity index is 2.25. The van der Waals surface area contributed by atoms with Gasteiger partial charge in [0.1, 0.15) is 0 Å². The molecule has 0 spiro atoms. The number of benzene rings is 1. The zero-order valence-electron chi connectivity index (χ0n) is 11.5.